The van der Waals surface area contributed by atoms with Crippen LogP contribution in [-0.2, 0) is 14.2 Å². The molecule has 118 valence electrons. The zero-order chi connectivity index (χ0) is 14.4. The van der Waals surface area contributed by atoms with Gasteiger partial charge in [-0.2, -0.15) is 0 Å². The molecule has 0 aromatic heterocycles. The zero-order valence-corrected chi connectivity index (χ0v) is 13.1. The topological polar surface area (TPSA) is 43.0 Å². The third-order valence-corrected chi connectivity index (χ3v) is 4.35. The number of nitrogens with zero attached hydrogens (tertiary/aromatic N) is 1. The van der Waals surface area contributed by atoms with Crippen LogP contribution in [0.1, 0.15) is 26.2 Å². The third-order valence-electron chi connectivity index (χ3n) is 4.35. The minimum Gasteiger partial charge on any atom is -0.377 e. The van der Waals surface area contributed by atoms with Crippen LogP contribution in [0.5, 0.6) is 0 Å². The highest BCUT2D eigenvalue weighted by molar-refractivity contribution is 4.88. The molecule has 0 aromatic carbocycles. The van der Waals surface area contributed by atoms with Gasteiger partial charge in [0.1, 0.15) is 0 Å². The van der Waals surface area contributed by atoms with Crippen molar-refractivity contribution in [3.05, 3.63) is 0 Å². The molecule has 5 nitrogen and oxygen atoms in total. The number of likely N-dealkylation sites (tertiary alicyclic amines) is 1. The molecule has 2 aliphatic rings. The molecule has 0 radical (unpaired) electrons. The lowest BCUT2D eigenvalue weighted by Crippen LogP contribution is -2.33. The SMILES string of the molecule is CCCNCC1CCC(CN2CC(OC)C(OC)C2)O1. The number of nitrogens with one attached hydrogen (secondary N) is 1. The van der Waals surface area contributed by atoms with E-state index in [-0.39, 0.29) is 12.2 Å². The monoisotopic (exact) mass is 286 g/mol. The van der Waals surface area contributed by atoms with E-state index in [2.05, 4.69) is 17.1 Å². The first kappa shape index (κ1) is 16.2. The second-order valence-corrected chi connectivity index (χ2v) is 5.93. The fourth-order valence-electron chi connectivity index (χ4n) is 3.21. The van der Waals surface area contributed by atoms with Crippen molar-refractivity contribution in [2.45, 2.75) is 50.6 Å². The van der Waals surface area contributed by atoms with Crippen LogP contribution in [0.25, 0.3) is 0 Å². The van der Waals surface area contributed by atoms with E-state index in [0.717, 1.165) is 32.7 Å². The molecule has 0 aromatic rings. The van der Waals surface area contributed by atoms with E-state index in [4.69, 9.17) is 14.2 Å². The van der Waals surface area contributed by atoms with Crippen LogP contribution in [0.15, 0.2) is 0 Å². The van der Waals surface area contributed by atoms with Gasteiger partial charge in [0.2, 0.25) is 0 Å². The maximum Gasteiger partial charge on any atom is 0.0971 e. The van der Waals surface area contributed by atoms with Crippen LogP contribution in [0.2, 0.25) is 0 Å². The Kier molecular flexibility index (Phi) is 6.71. The number of methoxy groups -OCH3 is 2. The van der Waals surface area contributed by atoms with Gasteiger partial charge in [-0.3, -0.25) is 4.90 Å². The van der Waals surface area contributed by atoms with Crippen molar-refractivity contribution in [1.82, 2.24) is 10.2 Å². The van der Waals surface area contributed by atoms with E-state index in [0.29, 0.717) is 12.2 Å². The molecule has 2 heterocycles. The first-order valence-corrected chi connectivity index (χ1v) is 7.91. The van der Waals surface area contributed by atoms with Crippen LogP contribution >= 0.6 is 0 Å². The molecule has 2 aliphatic heterocycles. The largest absolute Gasteiger partial charge is 0.377 e. The van der Waals surface area contributed by atoms with Crippen molar-refractivity contribution in [1.29, 1.82) is 0 Å². The average Bonchev–Trinajstić information content (AvgIpc) is 3.06. The molecule has 2 fully saturated rings. The molecule has 20 heavy (non-hydrogen) atoms. The molecule has 0 saturated carbocycles. The number of ether oxygens (including phenoxy) is 3. The van der Waals surface area contributed by atoms with Crippen molar-refractivity contribution < 1.29 is 14.2 Å². The Morgan fingerprint density at radius 3 is 2.35 bits per heavy atom. The molecule has 1 N–H and O–H groups in total. The number of rotatable bonds is 8. The Morgan fingerprint density at radius 2 is 1.75 bits per heavy atom. The second-order valence-electron chi connectivity index (χ2n) is 5.93. The van der Waals surface area contributed by atoms with Gasteiger partial charge in [0.15, 0.2) is 0 Å². The van der Waals surface area contributed by atoms with E-state index >= 15 is 0 Å². The van der Waals surface area contributed by atoms with E-state index < -0.39 is 0 Å². The van der Waals surface area contributed by atoms with Gasteiger partial charge in [-0.1, -0.05) is 6.92 Å². The van der Waals surface area contributed by atoms with Crippen molar-refractivity contribution in [2.24, 2.45) is 0 Å². The molecule has 0 spiro atoms. The molecule has 0 bridgehead atoms. The van der Waals surface area contributed by atoms with Crippen LogP contribution in [0, 0.1) is 0 Å². The smallest absolute Gasteiger partial charge is 0.0971 e. The summed E-state index contributed by atoms with van der Waals surface area (Å²) in [7, 11) is 3.53. The highest BCUT2D eigenvalue weighted by Crippen LogP contribution is 2.23. The van der Waals surface area contributed by atoms with Gasteiger partial charge in [-0.25, -0.2) is 0 Å². The minimum absolute atomic E-state index is 0.198. The summed E-state index contributed by atoms with van der Waals surface area (Å²) in [6.07, 6.45) is 4.69. The normalized spacial score (nSPS) is 35.0. The fraction of sp³-hybridized carbons (Fsp3) is 1.00. The van der Waals surface area contributed by atoms with Crippen LogP contribution < -0.4 is 5.32 Å². The summed E-state index contributed by atoms with van der Waals surface area (Å²) >= 11 is 0. The third kappa shape index (κ3) is 4.40. The summed E-state index contributed by atoms with van der Waals surface area (Å²) in [5.41, 5.74) is 0. The predicted molar refractivity (Wildman–Crippen MR) is 79.1 cm³/mol. The van der Waals surface area contributed by atoms with Crippen LogP contribution in [0.3, 0.4) is 0 Å². The maximum absolute atomic E-state index is 6.12. The average molecular weight is 286 g/mol. The Labute approximate surface area is 122 Å². The van der Waals surface area contributed by atoms with Gasteiger partial charge >= 0.3 is 0 Å². The summed E-state index contributed by atoms with van der Waals surface area (Å²) < 4.78 is 17.1. The molecule has 2 saturated heterocycles. The lowest BCUT2D eigenvalue weighted by Gasteiger charge is -2.20. The van der Waals surface area contributed by atoms with E-state index in [1.807, 2.05) is 0 Å². The van der Waals surface area contributed by atoms with Gasteiger partial charge < -0.3 is 19.5 Å². The van der Waals surface area contributed by atoms with Gasteiger partial charge in [0.25, 0.3) is 0 Å². The van der Waals surface area contributed by atoms with Crippen molar-refractivity contribution >= 4 is 0 Å². The van der Waals surface area contributed by atoms with E-state index in [1.54, 1.807) is 14.2 Å². The maximum atomic E-state index is 6.12. The summed E-state index contributed by atoms with van der Waals surface area (Å²) in [5.74, 6) is 0. The van der Waals surface area contributed by atoms with Crippen molar-refractivity contribution in [3.63, 3.8) is 0 Å². The van der Waals surface area contributed by atoms with E-state index in [1.165, 1.54) is 19.3 Å². The van der Waals surface area contributed by atoms with Crippen LogP contribution in [0.4, 0.5) is 0 Å². The van der Waals surface area contributed by atoms with Gasteiger partial charge in [0, 0.05) is 40.4 Å². The summed E-state index contributed by atoms with van der Waals surface area (Å²) in [6.45, 7) is 7.18. The fourth-order valence-corrected chi connectivity index (χ4v) is 3.21. The highest BCUT2D eigenvalue weighted by Gasteiger charge is 2.35. The molecule has 0 aliphatic carbocycles. The summed E-state index contributed by atoms with van der Waals surface area (Å²) in [6, 6.07) is 0. The number of hydrogen-bond acceptors (Lipinski definition) is 5. The van der Waals surface area contributed by atoms with Gasteiger partial charge in [-0.05, 0) is 25.8 Å². The van der Waals surface area contributed by atoms with Crippen molar-refractivity contribution in [3.8, 4) is 0 Å². The van der Waals surface area contributed by atoms with Gasteiger partial charge in [-0.15, -0.1) is 0 Å². The molecule has 2 rings (SSSR count). The molecular weight excluding hydrogens is 256 g/mol. The lowest BCUT2D eigenvalue weighted by atomic mass is 10.2. The predicted octanol–water partition coefficient (Wildman–Crippen LogP) is 0.879. The Bertz CT molecular complexity index is 266. The zero-order valence-electron chi connectivity index (χ0n) is 13.1. The van der Waals surface area contributed by atoms with E-state index in [9.17, 15) is 0 Å². The molecular formula is C15H30N2O3. The Balaban J connectivity index is 1.67. The first-order valence-electron chi connectivity index (χ1n) is 7.91. The molecule has 5 heteroatoms. The van der Waals surface area contributed by atoms with Crippen LogP contribution in [-0.4, -0.2) is 76.3 Å². The summed E-state index contributed by atoms with van der Waals surface area (Å²) in [5, 5.41) is 3.44. The quantitative estimate of drug-likeness (QED) is 0.671. The summed E-state index contributed by atoms with van der Waals surface area (Å²) in [4.78, 5) is 2.41. The molecule has 4 unspecified atom stereocenters. The minimum atomic E-state index is 0.198. The van der Waals surface area contributed by atoms with Gasteiger partial charge in [0.05, 0.1) is 24.4 Å². The molecule has 4 atom stereocenters. The van der Waals surface area contributed by atoms with Crippen molar-refractivity contribution in [2.75, 3.05) is 46.9 Å². The Morgan fingerprint density at radius 1 is 1.10 bits per heavy atom. The lowest BCUT2D eigenvalue weighted by molar-refractivity contribution is -0.00461. The standard InChI is InChI=1S/C15H30N2O3/c1-4-7-16-8-12-5-6-13(20-12)9-17-10-14(18-2)15(11-17)19-3/h12-16H,4-11H2,1-3H3. The molecule has 0 amide bonds. The number of hydrogen-bond donors (Lipinski definition) is 1. The highest BCUT2D eigenvalue weighted by atomic mass is 16.5. The Hall–Kier alpha value is -0.200. The first-order chi connectivity index (χ1) is 9.76. The second kappa shape index (κ2) is 8.29.